The average Bonchev–Trinajstić information content (AvgIpc) is 3.25. The molecule has 202 valence electrons. The Labute approximate surface area is 206 Å². The van der Waals surface area contributed by atoms with Crippen molar-refractivity contribution in [3.63, 3.8) is 0 Å². The highest BCUT2D eigenvalue weighted by molar-refractivity contribution is 5.92. The minimum absolute atomic E-state index is 0.0879. The number of fused-ring (bicyclic) bond motifs is 1. The molecule has 1 saturated heterocycles. The molecule has 2 aromatic heterocycles. The van der Waals surface area contributed by atoms with Crippen LogP contribution in [0.5, 0.6) is 0 Å². The zero-order valence-corrected chi connectivity index (χ0v) is 19.5. The second-order valence-electron chi connectivity index (χ2n) is 9.07. The molecule has 0 saturated carbocycles. The zero-order chi connectivity index (χ0) is 27.0. The van der Waals surface area contributed by atoms with E-state index in [0.717, 1.165) is 4.90 Å². The molecule has 0 radical (unpaired) electrons. The summed E-state index contributed by atoms with van der Waals surface area (Å²) in [4.78, 5) is 40.3. The van der Waals surface area contributed by atoms with E-state index in [0.29, 0.717) is 31.3 Å². The normalized spacial score (nSPS) is 17.9. The average molecular weight is 535 g/mol. The molecule has 0 atom stereocenters. The Morgan fingerprint density at radius 2 is 1.73 bits per heavy atom. The van der Waals surface area contributed by atoms with Crippen molar-refractivity contribution >= 4 is 17.8 Å². The van der Waals surface area contributed by atoms with Gasteiger partial charge in [-0.15, -0.1) is 0 Å². The lowest BCUT2D eigenvalue weighted by Crippen LogP contribution is -2.55. The number of imidazole rings is 1. The molecule has 2 aliphatic heterocycles. The smallest absolute Gasteiger partial charge is 0.426 e. The summed E-state index contributed by atoms with van der Waals surface area (Å²) in [5.41, 5.74) is -0.700. The molecule has 1 N–H and O–H groups in total. The van der Waals surface area contributed by atoms with Crippen molar-refractivity contribution < 1.29 is 40.7 Å². The maximum Gasteiger partial charge on any atom is 0.434 e. The third-order valence-corrected chi connectivity index (χ3v) is 6.26. The van der Waals surface area contributed by atoms with Crippen molar-refractivity contribution in [2.45, 2.75) is 56.9 Å². The van der Waals surface area contributed by atoms with Crippen molar-refractivity contribution in [1.82, 2.24) is 29.7 Å². The minimum atomic E-state index is -5.79. The number of nitrogens with one attached hydrogen (secondary N) is 1. The molecule has 2 aliphatic rings. The van der Waals surface area contributed by atoms with E-state index >= 15 is 0 Å². The lowest BCUT2D eigenvalue weighted by Gasteiger charge is -2.39. The number of amides is 2. The number of aromatic nitrogens is 4. The third kappa shape index (κ3) is 6.05. The number of hydrogen-bond donors (Lipinski definition) is 1. The summed E-state index contributed by atoms with van der Waals surface area (Å²) in [5, 5.41) is 2.82. The van der Waals surface area contributed by atoms with Gasteiger partial charge in [0.2, 0.25) is 0 Å². The molecule has 0 spiro atoms. The molecule has 0 bridgehead atoms. The predicted octanol–water partition coefficient (Wildman–Crippen LogP) is 2.91. The van der Waals surface area contributed by atoms with Crippen molar-refractivity contribution in [2.75, 3.05) is 24.5 Å². The lowest BCUT2D eigenvalue weighted by molar-refractivity contribution is -0.308. The van der Waals surface area contributed by atoms with E-state index < -0.39 is 36.0 Å². The predicted molar refractivity (Wildman–Crippen MR) is 114 cm³/mol. The van der Waals surface area contributed by atoms with Crippen LogP contribution in [0.4, 0.5) is 37.0 Å². The van der Waals surface area contributed by atoms with Crippen molar-refractivity contribution in [2.24, 2.45) is 0 Å². The third-order valence-electron chi connectivity index (χ3n) is 6.26. The van der Waals surface area contributed by atoms with E-state index in [-0.39, 0.29) is 31.6 Å². The number of halogens is 6. The van der Waals surface area contributed by atoms with E-state index in [1.807, 2.05) is 9.47 Å². The van der Waals surface area contributed by atoms with Crippen LogP contribution in [0.2, 0.25) is 0 Å². The monoisotopic (exact) mass is 535 g/mol. The number of nitrogens with zero attached hydrogens (tertiary/aromatic N) is 6. The number of carbonyl (C=O) groups excluding carboxylic acids is 2. The Kier molecular flexibility index (Phi) is 6.94. The van der Waals surface area contributed by atoms with Crippen LogP contribution in [0.25, 0.3) is 0 Å². The number of ether oxygens (including phenoxy) is 1. The Bertz CT molecular complexity index is 1120. The number of piperidine rings is 1. The minimum Gasteiger partial charge on any atom is -0.426 e. The molecule has 0 aliphatic carbocycles. The fourth-order valence-corrected chi connectivity index (χ4v) is 4.15. The largest absolute Gasteiger partial charge is 0.434 e. The molecule has 10 nitrogen and oxygen atoms in total. The second kappa shape index (κ2) is 9.70. The first-order valence-electron chi connectivity index (χ1n) is 11.2. The molecule has 4 rings (SSSR count). The van der Waals surface area contributed by atoms with Gasteiger partial charge >= 0.3 is 18.4 Å². The van der Waals surface area contributed by atoms with Gasteiger partial charge in [0, 0.05) is 50.3 Å². The molecule has 4 heterocycles. The van der Waals surface area contributed by atoms with E-state index in [1.54, 1.807) is 31.7 Å². The molecule has 0 unspecified atom stereocenters. The SMILES string of the molecule is CC1(NC(=O)c2cn3c(n2)CN(c2cnccn2)CC3)CCN(C(=O)OC(C(F)(F)F)C(F)(F)F)CC1. The molecular formula is C21H23F6N7O3. The van der Waals surface area contributed by atoms with E-state index in [9.17, 15) is 35.9 Å². The van der Waals surface area contributed by atoms with E-state index in [4.69, 9.17) is 0 Å². The standard InChI is InChI=1S/C21H23F6N7O3/c1-19(2-6-32(7-3-19)18(36)37-17(20(22,23)24)21(25,26)27)31-16(35)13-11-33-8-9-34(12-15(33)30-13)14-10-28-4-5-29-14/h4-5,10-11,17H,2-3,6-9,12H2,1H3,(H,31,35). The van der Waals surface area contributed by atoms with Gasteiger partial charge in [0.15, 0.2) is 0 Å². The van der Waals surface area contributed by atoms with Gasteiger partial charge in [-0.3, -0.25) is 9.78 Å². The summed E-state index contributed by atoms with van der Waals surface area (Å²) in [6, 6.07) is 0. The summed E-state index contributed by atoms with van der Waals surface area (Å²) < 4.78 is 81.7. The van der Waals surface area contributed by atoms with Crippen LogP contribution in [0.15, 0.2) is 24.8 Å². The summed E-state index contributed by atoms with van der Waals surface area (Å²) in [7, 11) is 0. The molecule has 1 fully saturated rings. The topological polar surface area (TPSA) is 105 Å². The Morgan fingerprint density at radius 3 is 2.32 bits per heavy atom. The molecule has 0 aromatic carbocycles. The number of likely N-dealkylation sites (tertiary alicyclic amines) is 1. The van der Waals surface area contributed by atoms with Crippen molar-refractivity contribution in [3.8, 4) is 0 Å². The maximum atomic E-state index is 12.9. The maximum absolute atomic E-state index is 12.9. The second-order valence-corrected chi connectivity index (χ2v) is 9.07. The zero-order valence-electron chi connectivity index (χ0n) is 19.5. The van der Waals surface area contributed by atoms with Gasteiger partial charge in [-0.05, 0) is 19.8 Å². The highest BCUT2D eigenvalue weighted by Gasteiger charge is 2.60. The Balaban J connectivity index is 1.33. The quantitative estimate of drug-likeness (QED) is 0.601. The molecular weight excluding hydrogens is 512 g/mol. The van der Waals surface area contributed by atoms with Gasteiger partial charge in [0.25, 0.3) is 12.0 Å². The number of rotatable bonds is 4. The summed E-state index contributed by atoms with van der Waals surface area (Å²) in [6.07, 6.45) is -11.0. The van der Waals surface area contributed by atoms with Crippen LogP contribution in [0.1, 0.15) is 36.1 Å². The van der Waals surface area contributed by atoms with Gasteiger partial charge in [0.05, 0.1) is 12.7 Å². The fraction of sp³-hybridized carbons (Fsp3) is 0.571. The van der Waals surface area contributed by atoms with Crippen LogP contribution < -0.4 is 10.2 Å². The van der Waals surface area contributed by atoms with Gasteiger partial charge in [-0.25, -0.2) is 14.8 Å². The highest BCUT2D eigenvalue weighted by Crippen LogP contribution is 2.36. The summed E-state index contributed by atoms with van der Waals surface area (Å²) in [6.45, 7) is 2.88. The fourth-order valence-electron chi connectivity index (χ4n) is 4.15. The van der Waals surface area contributed by atoms with Crippen LogP contribution in [-0.4, -0.2) is 80.0 Å². The van der Waals surface area contributed by atoms with Gasteiger partial charge in [0.1, 0.15) is 17.3 Å². The highest BCUT2D eigenvalue weighted by atomic mass is 19.4. The Hall–Kier alpha value is -3.59. The first kappa shape index (κ1) is 26.5. The lowest BCUT2D eigenvalue weighted by atomic mass is 9.89. The van der Waals surface area contributed by atoms with Crippen LogP contribution in [-0.2, 0) is 17.8 Å². The van der Waals surface area contributed by atoms with Crippen LogP contribution in [0, 0.1) is 0 Å². The molecule has 2 amide bonds. The molecule has 16 heteroatoms. The van der Waals surface area contributed by atoms with Gasteiger partial charge in [-0.1, -0.05) is 0 Å². The number of hydrogen-bond acceptors (Lipinski definition) is 7. The molecule has 37 heavy (non-hydrogen) atoms. The van der Waals surface area contributed by atoms with Crippen molar-refractivity contribution in [3.05, 3.63) is 36.3 Å². The van der Waals surface area contributed by atoms with E-state index in [1.165, 1.54) is 0 Å². The van der Waals surface area contributed by atoms with Gasteiger partial charge in [-0.2, -0.15) is 26.3 Å². The number of alkyl halides is 6. The van der Waals surface area contributed by atoms with Crippen LogP contribution in [0.3, 0.4) is 0 Å². The summed E-state index contributed by atoms with van der Waals surface area (Å²) in [5.74, 6) is 0.840. The first-order chi connectivity index (χ1) is 17.2. The van der Waals surface area contributed by atoms with Crippen molar-refractivity contribution in [1.29, 1.82) is 0 Å². The Morgan fingerprint density at radius 1 is 1.05 bits per heavy atom. The van der Waals surface area contributed by atoms with Gasteiger partial charge < -0.3 is 24.4 Å². The van der Waals surface area contributed by atoms with Crippen LogP contribution >= 0.6 is 0 Å². The number of anilines is 1. The summed E-state index contributed by atoms with van der Waals surface area (Å²) >= 11 is 0. The number of carbonyl (C=O) groups is 2. The molecule has 2 aromatic rings. The first-order valence-corrected chi connectivity index (χ1v) is 11.2. The van der Waals surface area contributed by atoms with E-state index in [2.05, 4.69) is 25.0 Å².